The number of carbonyl (C=O) groups excluding carboxylic acids is 1. The number of nitro groups is 1. The quantitative estimate of drug-likeness (QED) is 0.285. The Morgan fingerprint density at radius 1 is 1.27 bits per heavy atom. The van der Waals surface area contributed by atoms with E-state index in [1.807, 2.05) is 43.5 Å². The molecule has 2 heterocycles. The van der Waals surface area contributed by atoms with Crippen LogP contribution < -0.4 is 5.32 Å². The van der Waals surface area contributed by atoms with E-state index in [1.54, 1.807) is 13.0 Å². The molecule has 0 saturated carbocycles. The summed E-state index contributed by atoms with van der Waals surface area (Å²) in [5.74, 6) is -0.230. The number of ether oxygens (including phenoxy) is 1. The fraction of sp³-hybridized carbons (Fsp3) is 0.333. The van der Waals surface area contributed by atoms with Crippen molar-refractivity contribution in [2.45, 2.75) is 44.5 Å². The number of aromatic nitrogens is 2. The number of imidazole rings is 1. The van der Waals surface area contributed by atoms with Crippen molar-refractivity contribution in [2.24, 2.45) is 0 Å². The first-order valence-corrected chi connectivity index (χ1v) is 11.8. The number of nitrogens with zero attached hydrogens (tertiary/aromatic N) is 3. The monoisotopic (exact) mass is 466 g/mol. The topological polar surface area (TPSA) is 99.3 Å². The maximum absolute atomic E-state index is 12.7. The smallest absolute Gasteiger partial charge is 0.293 e. The van der Waals surface area contributed by atoms with Crippen LogP contribution in [-0.2, 0) is 16.1 Å². The highest BCUT2D eigenvalue weighted by molar-refractivity contribution is 7.99. The molecule has 4 rings (SSSR count). The molecule has 172 valence electrons. The van der Waals surface area contributed by atoms with Gasteiger partial charge in [-0.1, -0.05) is 48.2 Å². The summed E-state index contributed by atoms with van der Waals surface area (Å²) in [6.45, 7) is 5.05. The van der Waals surface area contributed by atoms with Crippen molar-refractivity contribution in [1.29, 1.82) is 0 Å². The molecule has 0 bridgehead atoms. The molecule has 1 aliphatic heterocycles. The lowest BCUT2D eigenvalue weighted by atomic mass is 10.1. The number of thioether (sulfide) groups is 1. The molecule has 1 amide bonds. The van der Waals surface area contributed by atoms with Gasteiger partial charge in [-0.2, -0.15) is 0 Å². The third-order valence-electron chi connectivity index (χ3n) is 5.81. The van der Waals surface area contributed by atoms with E-state index in [2.05, 4.69) is 14.9 Å². The van der Waals surface area contributed by atoms with Crippen LogP contribution >= 0.6 is 11.8 Å². The summed E-state index contributed by atoms with van der Waals surface area (Å²) < 4.78 is 7.94. The number of rotatable bonds is 8. The largest absolute Gasteiger partial charge is 0.376 e. The predicted octanol–water partition coefficient (Wildman–Crippen LogP) is 4.98. The van der Waals surface area contributed by atoms with Crippen LogP contribution in [0.4, 0.5) is 11.4 Å². The minimum absolute atomic E-state index is 0.0846. The van der Waals surface area contributed by atoms with Gasteiger partial charge in [-0.3, -0.25) is 14.9 Å². The molecule has 1 aliphatic rings. The highest BCUT2D eigenvalue weighted by atomic mass is 32.2. The normalized spacial score (nSPS) is 15.5. The Labute approximate surface area is 196 Å². The fourth-order valence-electron chi connectivity index (χ4n) is 3.90. The van der Waals surface area contributed by atoms with E-state index < -0.39 is 4.92 Å². The van der Waals surface area contributed by atoms with Crippen LogP contribution in [-0.4, -0.2) is 38.8 Å². The van der Waals surface area contributed by atoms with Crippen molar-refractivity contribution in [3.8, 4) is 11.3 Å². The molecule has 1 atom stereocenters. The van der Waals surface area contributed by atoms with Crippen LogP contribution in [0.2, 0.25) is 0 Å². The summed E-state index contributed by atoms with van der Waals surface area (Å²) in [5, 5.41) is 14.9. The molecule has 1 aromatic heterocycles. The molecular formula is C24H26N4O4S. The number of nitrogens with one attached hydrogen (secondary N) is 1. The van der Waals surface area contributed by atoms with Crippen LogP contribution in [0.1, 0.15) is 24.0 Å². The van der Waals surface area contributed by atoms with Gasteiger partial charge in [-0.05, 0) is 43.4 Å². The maximum atomic E-state index is 12.7. The van der Waals surface area contributed by atoms with E-state index in [4.69, 9.17) is 4.74 Å². The van der Waals surface area contributed by atoms with Gasteiger partial charge in [-0.15, -0.1) is 0 Å². The summed E-state index contributed by atoms with van der Waals surface area (Å²) in [5.41, 5.74) is 3.72. The molecule has 1 unspecified atom stereocenters. The summed E-state index contributed by atoms with van der Waals surface area (Å²) in [6, 6.07) is 13.1. The van der Waals surface area contributed by atoms with Crippen LogP contribution in [0.3, 0.4) is 0 Å². The van der Waals surface area contributed by atoms with Gasteiger partial charge in [0.05, 0.1) is 35.2 Å². The van der Waals surface area contributed by atoms with E-state index in [-0.39, 0.29) is 29.1 Å². The molecule has 1 fully saturated rings. The molecule has 9 heteroatoms. The fourth-order valence-corrected chi connectivity index (χ4v) is 4.69. The minimum atomic E-state index is -0.477. The molecule has 0 spiro atoms. The van der Waals surface area contributed by atoms with Gasteiger partial charge >= 0.3 is 0 Å². The average Bonchev–Trinajstić information content (AvgIpc) is 3.46. The summed E-state index contributed by atoms with van der Waals surface area (Å²) in [4.78, 5) is 28.3. The summed E-state index contributed by atoms with van der Waals surface area (Å²) in [7, 11) is 0. The first-order chi connectivity index (χ1) is 15.9. The van der Waals surface area contributed by atoms with Gasteiger partial charge in [0.25, 0.3) is 5.69 Å². The Morgan fingerprint density at radius 3 is 2.76 bits per heavy atom. The van der Waals surface area contributed by atoms with E-state index in [9.17, 15) is 14.9 Å². The maximum Gasteiger partial charge on any atom is 0.293 e. The first-order valence-electron chi connectivity index (χ1n) is 10.8. The second-order valence-electron chi connectivity index (χ2n) is 8.03. The Balaban J connectivity index is 1.53. The van der Waals surface area contributed by atoms with Gasteiger partial charge in [-0.25, -0.2) is 4.98 Å². The Morgan fingerprint density at radius 2 is 2.06 bits per heavy atom. The van der Waals surface area contributed by atoms with E-state index >= 15 is 0 Å². The number of hydrogen-bond acceptors (Lipinski definition) is 6. The average molecular weight is 467 g/mol. The van der Waals surface area contributed by atoms with E-state index in [1.165, 1.54) is 17.8 Å². The van der Waals surface area contributed by atoms with Gasteiger partial charge in [0.15, 0.2) is 5.16 Å². The molecule has 1 saturated heterocycles. The lowest BCUT2D eigenvalue weighted by Crippen LogP contribution is -2.19. The number of amides is 1. The lowest BCUT2D eigenvalue weighted by molar-refractivity contribution is -0.384. The zero-order chi connectivity index (χ0) is 23.4. The molecule has 0 radical (unpaired) electrons. The van der Waals surface area contributed by atoms with Gasteiger partial charge in [0.2, 0.25) is 5.91 Å². The number of benzene rings is 2. The highest BCUT2D eigenvalue weighted by Crippen LogP contribution is 2.31. The molecule has 1 N–H and O–H groups in total. The predicted molar refractivity (Wildman–Crippen MR) is 129 cm³/mol. The first kappa shape index (κ1) is 23.0. The Hall–Kier alpha value is -3.17. The zero-order valence-electron chi connectivity index (χ0n) is 18.6. The minimum Gasteiger partial charge on any atom is -0.376 e. The van der Waals surface area contributed by atoms with Crippen molar-refractivity contribution >= 4 is 29.0 Å². The van der Waals surface area contributed by atoms with Crippen LogP contribution in [0.25, 0.3) is 11.3 Å². The molecular weight excluding hydrogens is 440 g/mol. The van der Waals surface area contributed by atoms with Crippen LogP contribution in [0.5, 0.6) is 0 Å². The molecule has 33 heavy (non-hydrogen) atoms. The Bertz CT molecular complexity index is 1160. The van der Waals surface area contributed by atoms with Crippen LogP contribution in [0, 0.1) is 24.0 Å². The second-order valence-corrected chi connectivity index (χ2v) is 8.98. The molecule has 2 aromatic carbocycles. The Kier molecular flexibility index (Phi) is 7.10. The van der Waals surface area contributed by atoms with Crippen molar-refractivity contribution in [2.75, 3.05) is 17.7 Å². The molecule has 0 aliphatic carbocycles. The summed E-state index contributed by atoms with van der Waals surface area (Å²) in [6.07, 6.45) is 3.97. The molecule has 3 aromatic rings. The SMILES string of the molecule is Cc1ccc([N+](=O)[O-])c(NC(=O)CSc2ncc(-c3ccccc3)n2CC2CCCO2)c1C. The number of carbonyl (C=O) groups is 1. The summed E-state index contributed by atoms with van der Waals surface area (Å²) >= 11 is 1.31. The van der Waals surface area contributed by atoms with Crippen LogP contribution in [0.15, 0.2) is 53.8 Å². The number of nitro benzene ring substituents is 1. The third-order valence-corrected chi connectivity index (χ3v) is 6.80. The second kappa shape index (κ2) is 10.2. The van der Waals surface area contributed by atoms with Crippen molar-refractivity contribution in [1.82, 2.24) is 9.55 Å². The van der Waals surface area contributed by atoms with Gasteiger partial charge in [0.1, 0.15) is 5.69 Å². The van der Waals surface area contributed by atoms with Crippen molar-refractivity contribution < 1.29 is 14.5 Å². The van der Waals surface area contributed by atoms with Gasteiger partial charge in [0, 0.05) is 12.7 Å². The van der Waals surface area contributed by atoms with Gasteiger partial charge < -0.3 is 14.6 Å². The number of hydrogen-bond donors (Lipinski definition) is 1. The molecule has 8 nitrogen and oxygen atoms in total. The number of anilines is 1. The lowest BCUT2D eigenvalue weighted by Gasteiger charge is -2.16. The van der Waals surface area contributed by atoms with E-state index in [0.29, 0.717) is 12.1 Å². The third kappa shape index (κ3) is 5.26. The highest BCUT2D eigenvalue weighted by Gasteiger charge is 2.23. The standard InChI is InChI=1S/C24H26N4O4S/c1-16-10-11-20(28(30)31)23(17(16)2)26-22(29)15-33-24-25-13-21(18-7-4-3-5-8-18)27(24)14-19-9-6-12-32-19/h3-5,7-8,10-11,13,19H,6,9,12,14-15H2,1-2H3,(H,26,29). The van der Waals surface area contributed by atoms with Crippen molar-refractivity contribution in [3.05, 3.63) is 69.9 Å². The van der Waals surface area contributed by atoms with E-state index in [0.717, 1.165) is 41.4 Å². The number of aryl methyl sites for hydroxylation is 1. The zero-order valence-corrected chi connectivity index (χ0v) is 19.4. The van der Waals surface area contributed by atoms with Crippen molar-refractivity contribution in [3.63, 3.8) is 0 Å².